The zero-order chi connectivity index (χ0) is 8.27. The van der Waals surface area contributed by atoms with Gasteiger partial charge >= 0.3 is 0 Å². The van der Waals surface area contributed by atoms with E-state index in [-0.39, 0.29) is 0 Å². The molecule has 1 aliphatic heterocycles. The number of hydrogen-bond acceptors (Lipinski definition) is 2. The molecule has 2 nitrogen and oxygen atoms in total. The first-order valence-electron chi connectivity index (χ1n) is 3.60. The van der Waals surface area contributed by atoms with Gasteiger partial charge in [-0.2, -0.15) is 0 Å². The minimum atomic E-state index is 0.399. The summed E-state index contributed by atoms with van der Waals surface area (Å²) in [6, 6.07) is 0. The molecule has 2 heteroatoms. The Kier molecular flexibility index (Phi) is 2.29. The maximum Gasteiger partial charge on any atom is 0.126 e. The summed E-state index contributed by atoms with van der Waals surface area (Å²) in [6.45, 7) is 4.05. The van der Waals surface area contributed by atoms with Crippen LogP contribution in [0.5, 0.6) is 0 Å². The van der Waals surface area contributed by atoms with Crippen molar-refractivity contribution in [3.05, 3.63) is 29.6 Å². The van der Waals surface area contributed by atoms with Crippen LogP contribution in [0.4, 0.5) is 0 Å². The lowest BCUT2D eigenvalue weighted by Gasteiger charge is -2.15. The van der Waals surface area contributed by atoms with Crippen molar-refractivity contribution in [3.63, 3.8) is 0 Å². The van der Waals surface area contributed by atoms with Crippen molar-refractivity contribution in [1.29, 1.82) is 0 Å². The largest absolute Gasteiger partial charge is 0.359 e. The van der Waals surface area contributed by atoms with Gasteiger partial charge in [0.25, 0.3) is 0 Å². The van der Waals surface area contributed by atoms with Gasteiger partial charge in [0.15, 0.2) is 0 Å². The van der Waals surface area contributed by atoms with Crippen molar-refractivity contribution >= 4 is 5.94 Å². The van der Waals surface area contributed by atoms with Crippen LogP contribution < -0.4 is 5.32 Å². The molecule has 0 spiro atoms. The van der Waals surface area contributed by atoms with Gasteiger partial charge in [-0.15, -0.1) is 0 Å². The lowest BCUT2D eigenvalue weighted by Crippen LogP contribution is -2.15. The molecule has 1 heterocycles. The van der Waals surface area contributed by atoms with Gasteiger partial charge in [0.05, 0.1) is 0 Å². The van der Waals surface area contributed by atoms with Gasteiger partial charge in [0.1, 0.15) is 5.94 Å². The first kappa shape index (κ1) is 7.83. The highest BCUT2D eigenvalue weighted by Crippen LogP contribution is 2.12. The zero-order valence-corrected chi connectivity index (χ0v) is 6.72. The van der Waals surface area contributed by atoms with E-state index in [2.05, 4.69) is 18.3 Å². The van der Waals surface area contributed by atoms with Gasteiger partial charge in [0, 0.05) is 17.5 Å². The Bertz CT molecular complexity index is 257. The molecule has 1 atom stereocenters. The Hall–Kier alpha value is -1.27. The monoisotopic (exact) mass is 149 g/mol. The summed E-state index contributed by atoms with van der Waals surface area (Å²) in [6.07, 6.45) is 5.49. The molecule has 1 rings (SSSR count). The van der Waals surface area contributed by atoms with Gasteiger partial charge in [-0.25, -0.2) is 4.79 Å². The lowest BCUT2D eigenvalue weighted by molar-refractivity contribution is 0.568. The van der Waals surface area contributed by atoms with E-state index in [9.17, 15) is 4.79 Å². The molecule has 0 aromatic carbocycles. The van der Waals surface area contributed by atoms with Crippen molar-refractivity contribution in [2.45, 2.75) is 13.8 Å². The van der Waals surface area contributed by atoms with E-state index in [1.165, 1.54) is 6.08 Å². The molecule has 1 N–H and O–H groups in total. The average Bonchev–Trinajstić information content (AvgIpc) is 1.85. The molecule has 0 bridgehead atoms. The molecule has 1 aliphatic rings. The minimum Gasteiger partial charge on any atom is -0.359 e. The third-order valence-electron chi connectivity index (χ3n) is 1.51. The normalized spacial score (nSPS) is 22.5. The Balaban J connectivity index is 2.78. The highest BCUT2D eigenvalue weighted by molar-refractivity contribution is 5.52. The second-order valence-corrected chi connectivity index (χ2v) is 2.72. The molecular weight excluding hydrogens is 138 g/mol. The summed E-state index contributed by atoms with van der Waals surface area (Å²) in [4.78, 5) is 10.0. The smallest absolute Gasteiger partial charge is 0.126 e. The van der Waals surface area contributed by atoms with Crippen LogP contribution >= 0.6 is 0 Å². The highest BCUT2D eigenvalue weighted by atomic mass is 16.1. The second kappa shape index (κ2) is 3.22. The Morgan fingerprint density at radius 3 is 2.91 bits per heavy atom. The highest BCUT2D eigenvalue weighted by Gasteiger charge is 2.04. The summed E-state index contributed by atoms with van der Waals surface area (Å²) in [5.74, 6) is 2.14. The maximum absolute atomic E-state index is 10.0. The van der Waals surface area contributed by atoms with Crippen LogP contribution in [0.25, 0.3) is 0 Å². The van der Waals surface area contributed by atoms with Gasteiger partial charge in [0.2, 0.25) is 0 Å². The Labute approximate surface area is 66.3 Å². The minimum absolute atomic E-state index is 0.399. The van der Waals surface area contributed by atoms with Crippen LogP contribution in [0.15, 0.2) is 29.6 Å². The Morgan fingerprint density at radius 1 is 1.64 bits per heavy atom. The fraction of sp³-hybridized carbons (Fsp3) is 0.333. The number of rotatable bonds is 1. The third kappa shape index (κ3) is 2.10. The standard InChI is InChI=1S/C9H11NO/c1-7-5-8(2)10-9(6-7)3-4-11/h3,5-7,10H,1-2H3. The van der Waals surface area contributed by atoms with Crippen LogP contribution in [0.2, 0.25) is 0 Å². The SMILES string of the molecule is CC1=CC(C)C=C(C=C=O)N1. The van der Waals surface area contributed by atoms with Crippen LogP contribution in [0.1, 0.15) is 13.8 Å². The first-order chi connectivity index (χ1) is 5.22. The number of dihydropyridines is 1. The number of hydrogen-bond donors (Lipinski definition) is 1. The lowest BCUT2D eigenvalue weighted by atomic mass is 10.1. The molecule has 58 valence electrons. The molecule has 0 amide bonds. The van der Waals surface area contributed by atoms with Gasteiger partial charge in [-0.05, 0) is 12.8 Å². The second-order valence-electron chi connectivity index (χ2n) is 2.72. The molecule has 11 heavy (non-hydrogen) atoms. The summed E-state index contributed by atoms with van der Waals surface area (Å²) in [7, 11) is 0. The number of carbonyl (C=O) groups excluding carboxylic acids is 1. The fourth-order valence-electron chi connectivity index (χ4n) is 1.18. The maximum atomic E-state index is 10.0. The zero-order valence-electron chi connectivity index (χ0n) is 6.72. The molecule has 0 fully saturated rings. The number of allylic oxidation sites excluding steroid dienone is 4. The van der Waals surface area contributed by atoms with E-state index < -0.39 is 0 Å². The average molecular weight is 149 g/mol. The summed E-state index contributed by atoms with van der Waals surface area (Å²) < 4.78 is 0. The fourth-order valence-corrected chi connectivity index (χ4v) is 1.18. The molecule has 0 aromatic rings. The molecule has 0 aliphatic carbocycles. The van der Waals surface area contributed by atoms with E-state index >= 15 is 0 Å². The third-order valence-corrected chi connectivity index (χ3v) is 1.51. The molecule has 0 saturated heterocycles. The van der Waals surface area contributed by atoms with Crippen molar-refractivity contribution in [2.75, 3.05) is 0 Å². The summed E-state index contributed by atoms with van der Waals surface area (Å²) in [5, 5.41) is 3.05. The molecular formula is C9H11NO. The van der Waals surface area contributed by atoms with E-state index in [0.717, 1.165) is 11.4 Å². The molecule has 0 saturated carbocycles. The molecule has 0 aromatic heterocycles. The van der Waals surface area contributed by atoms with Crippen LogP contribution in [-0.2, 0) is 4.79 Å². The summed E-state index contributed by atoms with van der Waals surface area (Å²) in [5.41, 5.74) is 1.93. The van der Waals surface area contributed by atoms with E-state index in [1.807, 2.05) is 13.0 Å². The first-order valence-corrected chi connectivity index (χ1v) is 3.60. The van der Waals surface area contributed by atoms with Crippen LogP contribution in [0, 0.1) is 5.92 Å². The van der Waals surface area contributed by atoms with Crippen molar-refractivity contribution in [3.8, 4) is 0 Å². The predicted octanol–water partition coefficient (Wildman–Crippen LogP) is 1.40. The van der Waals surface area contributed by atoms with Gasteiger partial charge in [-0.1, -0.05) is 19.1 Å². The van der Waals surface area contributed by atoms with Crippen molar-refractivity contribution < 1.29 is 4.79 Å². The van der Waals surface area contributed by atoms with E-state index in [0.29, 0.717) is 5.92 Å². The molecule has 0 radical (unpaired) electrons. The van der Waals surface area contributed by atoms with Crippen molar-refractivity contribution in [1.82, 2.24) is 5.32 Å². The quantitative estimate of drug-likeness (QED) is 0.571. The Morgan fingerprint density at radius 2 is 2.36 bits per heavy atom. The summed E-state index contributed by atoms with van der Waals surface area (Å²) >= 11 is 0. The number of nitrogens with one attached hydrogen (secondary N) is 1. The van der Waals surface area contributed by atoms with Gasteiger partial charge < -0.3 is 5.32 Å². The predicted molar refractivity (Wildman–Crippen MR) is 44.4 cm³/mol. The molecule has 1 unspecified atom stereocenters. The topological polar surface area (TPSA) is 29.1 Å². The van der Waals surface area contributed by atoms with E-state index in [4.69, 9.17) is 0 Å². The van der Waals surface area contributed by atoms with E-state index in [1.54, 1.807) is 5.94 Å². The van der Waals surface area contributed by atoms with Crippen LogP contribution in [0.3, 0.4) is 0 Å². The van der Waals surface area contributed by atoms with Gasteiger partial charge in [-0.3, -0.25) is 0 Å². The van der Waals surface area contributed by atoms with Crippen LogP contribution in [-0.4, -0.2) is 5.94 Å². The van der Waals surface area contributed by atoms with Crippen molar-refractivity contribution in [2.24, 2.45) is 5.92 Å².